The largest absolute Gasteiger partial charge is 0.508 e. The van der Waals surface area contributed by atoms with Gasteiger partial charge in [0.2, 0.25) is 0 Å². The molecule has 0 amide bonds. The van der Waals surface area contributed by atoms with Crippen LogP contribution in [-0.4, -0.2) is 30.1 Å². The van der Waals surface area contributed by atoms with E-state index < -0.39 is 0 Å². The van der Waals surface area contributed by atoms with Gasteiger partial charge in [0.1, 0.15) is 5.75 Å². The summed E-state index contributed by atoms with van der Waals surface area (Å²) in [5.74, 6) is 0.474. The van der Waals surface area contributed by atoms with E-state index in [1.165, 1.54) is 23.1 Å². The Balaban J connectivity index is 2.36. The van der Waals surface area contributed by atoms with Crippen LogP contribution in [0.5, 0.6) is 5.75 Å². The molecular formula is C13H19NO. The fourth-order valence-corrected chi connectivity index (χ4v) is 2.46. The molecule has 82 valence electrons. The Labute approximate surface area is 91.5 Å². The number of aromatic hydroxyl groups is 1. The maximum Gasteiger partial charge on any atom is 0.119 e. The van der Waals surface area contributed by atoms with Gasteiger partial charge in [-0.15, -0.1) is 0 Å². The van der Waals surface area contributed by atoms with Crippen LogP contribution in [-0.2, 0) is 12.8 Å². The molecule has 2 rings (SSSR count). The van der Waals surface area contributed by atoms with Crippen molar-refractivity contribution in [1.29, 1.82) is 0 Å². The second kappa shape index (κ2) is 3.86. The number of benzene rings is 1. The van der Waals surface area contributed by atoms with Gasteiger partial charge in [0, 0.05) is 6.04 Å². The molecule has 0 aromatic heterocycles. The van der Waals surface area contributed by atoms with Crippen LogP contribution in [0.3, 0.4) is 0 Å². The van der Waals surface area contributed by atoms with Crippen molar-refractivity contribution in [2.45, 2.75) is 32.2 Å². The molecule has 0 aliphatic heterocycles. The summed E-state index contributed by atoms with van der Waals surface area (Å²) in [5.41, 5.74) is 3.85. The fourth-order valence-electron chi connectivity index (χ4n) is 2.46. The first-order valence-corrected chi connectivity index (χ1v) is 5.56. The average Bonchev–Trinajstić information content (AvgIpc) is 2.23. The lowest BCUT2D eigenvalue weighted by Crippen LogP contribution is -2.33. The summed E-state index contributed by atoms with van der Waals surface area (Å²) in [7, 11) is 4.23. The lowest BCUT2D eigenvalue weighted by atomic mass is 9.85. The highest BCUT2D eigenvalue weighted by Crippen LogP contribution is 2.32. The number of hydrogen-bond acceptors (Lipinski definition) is 2. The van der Waals surface area contributed by atoms with E-state index in [1.54, 1.807) is 0 Å². The molecule has 1 atom stereocenters. The average molecular weight is 205 g/mol. The van der Waals surface area contributed by atoms with Gasteiger partial charge in [0.05, 0.1) is 0 Å². The van der Waals surface area contributed by atoms with E-state index in [4.69, 9.17) is 0 Å². The van der Waals surface area contributed by atoms with Crippen molar-refractivity contribution in [2.24, 2.45) is 0 Å². The zero-order valence-corrected chi connectivity index (χ0v) is 9.75. The molecule has 0 fully saturated rings. The second-order valence-electron chi connectivity index (χ2n) is 4.72. The SMILES string of the molecule is Cc1ccc(O)c2c1CCC(N(C)C)C2. The highest BCUT2D eigenvalue weighted by molar-refractivity contribution is 5.45. The summed E-state index contributed by atoms with van der Waals surface area (Å²) in [4.78, 5) is 2.25. The van der Waals surface area contributed by atoms with Gasteiger partial charge < -0.3 is 10.0 Å². The van der Waals surface area contributed by atoms with Gasteiger partial charge in [-0.2, -0.15) is 0 Å². The third-order valence-electron chi connectivity index (χ3n) is 3.54. The highest BCUT2D eigenvalue weighted by atomic mass is 16.3. The fraction of sp³-hybridized carbons (Fsp3) is 0.538. The normalized spacial score (nSPS) is 20.4. The summed E-state index contributed by atoms with van der Waals surface area (Å²) in [6, 6.07) is 4.42. The Morgan fingerprint density at radius 3 is 2.67 bits per heavy atom. The van der Waals surface area contributed by atoms with Crippen LogP contribution in [0.25, 0.3) is 0 Å². The van der Waals surface area contributed by atoms with Gasteiger partial charge in [-0.1, -0.05) is 6.07 Å². The molecule has 0 radical (unpaired) electrons. The Kier molecular flexibility index (Phi) is 2.70. The second-order valence-corrected chi connectivity index (χ2v) is 4.72. The minimum Gasteiger partial charge on any atom is -0.508 e. The van der Waals surface area contributed by atoms with E-state index in [-0.39, 0.29) is 0 Å². The van der Waals surface area contributed by atoms with Crippen molar-refractivity contribution in [1.82, 2.24) is 4.90 Å². The summed E-state index contributed by atoms with van der Waals surface area (Å²) in [6.45, 7) is 2.13. The predicted octanol–water partition coefficient (Wildman–Crippen LogP) is 2.12. The number of phenolic OH excluding ortho intramolecular Hbond substituents is 1. The monoisotopic (exact) mass is 205 g/mol. The van der Waals surface area contributed by atoms with Gasteiger partial charge in [-0.3, -0.25) is 0 Å². The quantitative estimate of drug-likeness (QED) is 0.759. The maximum absolute atomic E-state index is 9.86. The molecule has 0 saturated heterocycles. The Morgan fingerprint density at radius 2 is 2.00 bits per heavy atom. The molecule has 1 aliphatic rings. The molecule has 0 bridgehead atoms. The molecule has 1 aromatic rings. The van der Waals surface area contributed by atoms with Crippen molar-refractivity contribution in [3.05, 3.63) is 28.8 Å². The Hall–Kier alpha value is -1.02. The smallest absolute Gasteiger partial charge is 0.119 e. The number of phenols is 1. The minimum atomic E-state index is 0.474. The first kappa shape index (κ1) is 10.5. The van der Waals surface area contributed by atoms with E-state index >= 15 is 0 Å². The van der Waals surface area contributed by atoms with Crippen LogP contribution in [0.4, 0.5) is 0 Å². The first-order chi connectivity index (χ1) is 7.09. The molecule has 15 heavy (non-hydrogen) atoms. The molecule has 0 saturated carbocycles. The molecule has 1 aliphatic carbocycles. The third kappa shape index (κ3) is 1.86. The van der Waals surface area contributed by atoms with E-state index in [2.05, 4.69) is 25.9 Å². The zero-order chi connectivity index (χ0) is 11.0. The van der Waals surface area contributed by atoms with E-state index in [0.717, 1.165) is 12.8 Å². The van der Waals surface area contributed by atoms with Crippen LogP contribution in [0.1, 0.15) is 23.1 Å². The number of likely N-dealkylation sites (N-methyl/N-ethyl adjacent to an activating group) is 1. The standard InChI is InChI=1S/C13H19NO/c1-9-4-7-13(15)12-8-10(14(2)3)5-6-11(9)12/h4,7,10,15H,5-6,8H2,1-3H3. The van der Waals surface area contributed by atoms with Crippen LogP contribution in [0.15, 0.2) is 12.1 Å². The highest BCUT2D eigenvalue weighted by Gasteiger charge is 2.23. The van der Waals surface area contributed by atoms with Crippen molar-refractivity contribution in [2.75, 3.05) is 14.1 Å². The zero-order valence-electron chi connectivity index (χ0n) is 9.75. The van der Waals surface area contributed by atoms with Crippen LogP contribution < -0.4 is 0 Å². The summed E-state index contributed by atoms with van der Waals surface area (Å²) in [5, 5.41) is 9.86. The van der Waals surface area contributed by atoms with Crippen molar-refractivity contribution in [3.8, 4) is 5.75 Å². The van der Waals surface area contributed by atoms with Gasteiger partial charge in [0.25, 0.3) is 0 Å². The Morgan fingerprint density at radius 1 is 1.27 bits per heavy atom. The molecule has 0 heterocycles. The number of hydrogen-bond donors (Lipinski definition) is 1. The van der Waals surface area contributed by atoms with E-state index in [0.29, 0.717) is 11.8 Å². The van der Waals surface area contributed by atoms with Crippen LogP contribution in [0.2, 0.25) is 0 Å². The molecule has 2 heteroatoms. The first-order valence-electron chi connectivity index (χ1n) is 5.56. The Bertz CT molecular complexity index is 371. The number of aryl methyl sites for hydroxylation is 1. The van der Waals surface area contributed by atoms with Crippen molar-refractivity contribution in [3.63, 3.8) is 0 Å². The lowest BCUT2D eigenvalue weighted by Gasteiger charge is -2.31. The van der Waals surface area contributed by atoms with Gasteiger partial charge in [0.15, 0.2) is 0 Å². The van der Waals surface area contributed by atoms with Crippen molar-refractivity contribution >= 4 is 0 Å². The molecule has 1 aromatic carbocycles. The molecule has 0 spiro atoms. The summed E-state index contributed by atoms with van der Waals surface area (Å²) < 4.78 is 0. The molecule has 2 nitrogen and oxygen atoms in total. The summed E-state index contributed by atoms with van der Waals surface area (Å²) >= 11 is 0. The maximum atomic E-state index is 9.86. The van der Waals surface area contributed by atoms with Gasteiger partial charge in [-0.25, -0.2) is 0 Å². The van der Waals surface area contributed by atoms with Gasteiger partial charge >= 0.3 is 0 Å². The van der Waals surface area contributed by atoms with Crippen LogP contribution in [0, 0.1) is 6.92 Å². The third-order valence-corrected chi connectivity index (χ3v) is 3.54. The lowest BCUT2D eigenvalue weighted by molar-refractivity contribution is 0.265. The predicted molar refractivity (Wildman–Crippen MR) is 62.3 cm³/mol. The number of rotatable bonds is 1. The van der Waals surface area contributed by atoms with E-state index in [9.17, 15) is 5.11 Å². The number of nitrogens with zero attached hydrogens (tertiary/aromatic N) is 1. The van der Waals surface area contributed by atoms with Crippen molar-refractivity contribution < 1.29 is 5.11 Å². The summed E-state index contributed by atoms with van der Waals surface area (Å²) in [6.07, 6.45) is 3.28. The topological polar surface area (TPSA) is 23.5 Å². The molecular weight excluding hydrogens is 186 g/mol. The van der Waals surface area contributed by atoms with Gasteiger partial charge in [-0.05, 0) is 63.0 Å². The number of fused-ring (bicyclic) bond motifs is 1. The molecule has 1 unspecified atom stereocenters. The molecule has 1 N–H and O–H groups in total. The van der Waals surface area contributed by atoms with Crippen LogP contribution >= 0.6 is 0 Å². The van der Waals surface area contributed by atoms with E-state index in [1.807, 2.05) is 12.1 Å². The minimum absolute atomic E-state index is 0.474.